The number of hydrogen-bond acceptors (Lipinski definition) is 3. The molecule has 0 unspecified atom stereocenters. The van der Waals surface area contributed by atoms with E-state index in [0.717, 1.165) is 0 Å². The molecule has 1 aromatic heterocycles. The van der Waals surface area contributed by atoms with E-state index in [0.29, 0.717) is 16.4 Å². The Bertz CT molecular complexity index is 420. The Morgan fingerprint density at radius 3 is 2.93 bits per heavy atom. The molecule has 0 bridgehead atoms. The summed E-state index contributed by atoms with van der Waals surface area (Å²) in [6.45, 7) is 0. The van der Waals surface area contributed by atoms with Gasteiger partial charge in [0.25, 0.3) is 0 Å². The van der Waals surface area contributed by atoms with Crippen molar-refractivity contribution in [1.82, 2.24) is 4.98 Å². The van der Waals surface area contributed by atoms with Gasteiger partial charge in [-0.2, -0.15) is 0 Å². The summed E-state index contributed by atoms with van der Waals surface area (Å²) in [7, 11) is 0. The molecule has 1 heterocycles. The normalized spacial score (nSPS) is 8.93. The molecule has 1 rings (SSSR count). The highest BCUT2D eigenvalue weighted by atomic mass is 35.5. The number of carbonyl (C=O) groups is 1. The van der Waals surface area contributed by atoms with E-state index in [-0.39, 0.29) is 6.42 Å². The summed E-state index contributed by atoms with van der Waals surface area (Å²) in [6, 6.07) is 1.50. The van der Waals surface area contributed by atoms with Crippen molar-refractivity contribution < 1.29 is 4.79 Å². The summed E-state index contributed by atoms with van der Waals surface area (Å²) in [5.74, 6) is 4.77. The molecule has 0 aromatic carbocycles. The van der Waals surface area contributed by atoms with Crippen LogP contribution in [0.4, 0.5) is 5.69 Å². The molecule has 0 saturated carbocycles. The van der Waals surface area contributed by atoms with Gasteiger partial charge in [0.2, 0.25) is 5.91 Å². The van der Waals surface area contributed by atoms with Gasteiger partial charge in [-0.3, -0.25) is 4.79 Å². The molecular formula is C9H8ClN3O. The number of nitrogen functional groups attached to an aromatic ring is 1. The van der Waals surface area contributed by atoms with Gasteiger partial charge in [0.15, 0.2) is 0 Å². The monoisotopic (exact) mass is 209 g/mol. The van der Waals surface area contributed by atoms with Crippen molar-refractivity contribution in [2.45, 2.75) is 6.42 Å². The van der Waals surface area contributed by atoms with E-state index in [1.807, 2.05) is 0 Å². The van der Waals surface area contributed by atoms with Crippen molar-refractivity contribution in [3.8, 4) is 11.8 Å². The zero-order chi connectivity index (χ0) is 10.6. The quantitative estimate of drug-likeness (QED) is 0.523. The van der Waals surface area contributed by atoms with Crippen LogP contribution in [0, 0.1) is 11.8 Å². The maximum absolute atomic E-state index is 10.4. The van der Waals surface area contributed by atoms with E-state index in [9.17, 15) is 4.79 Å². The molecule has 14 heavy (non-hydrogen) atoms. The average molecular weight is 210 g/mol. The van der Waals surface area contributed by atoms with E-state index in [4.69, 9.17) is 23.1 Å². The van der Waals surface area contributed by atoms with E-state index in [2.05, 4.69) is 16.8 Å². The minimum atomic E-state index is -0.474. The lowest BCUT2D eigenvalue weighted by molar-refractivity contribution is -0.117. The zero-order valence-corrected chi connectivity index (χ0v) is 8.01. The van der Waals surface area contributed by atoms with Gasteiger partial charge in [-0.25, -0.2) is 4.98 Å². The van der Waals surface area contributed by atoms with Crippen LogP contribution in [0.15, 0.2) is 12.3 Å². The van der Waals surface area contributed by atoms with Crippen LogP contribution in [0.1, 0.15) is 12.0 Å². The highest BCUT2D eigenvalue weighted by molar-refractivity contribution is 6.29. The third-order valence-corrected chi connectivity index (χ3v) is 1.59. The molecule has 0 saturated heterocycles. The third-order valence-electron chi connectivity index (χ3n) is 1.39. The number of pyridine rings is 1. The van der Waals surface area contributed by atoms with Crippen LogP contribution >= 0.6 is 11.6 Å². The molecule has 0 atom stereocenters. The number of aromatic nitrogens is 1. The van der Waals surface area contributed by atoms with Crippen LogP contribution in [0.2, 0.25) is 5.15 Å². The zero-order valence-electron chi connectivity index (χ0n) is 7.25. The van der Waals surface area contributed by atoms with Gasteiger partial charge in [-0.15, -0.1) is 0 Å². The van der Waals surface area contributed by atoms with Crippen LogP contribution in [-0.4, -0.2) is 10.9 Å². The number of anilines is 1. The lowest BCUT2D eigenvalue weighted by Crippen LogP contribution is -2.08. The highest BCUT2D eigenvalue weighted by Gasteiger charge is 1.97. The molecule has 0 radical (unpaired) electrons. The molecule has 0 spiro atoms. The summed E-state index contributed by atoms with van der Waals surface area (Å²) in [6.07, 6.45) is 1.45. The molecule has 4 N–H and O–H groups in total. The Hall–Kier alpha value is -1.73. The van der Waals surface area contributed by atoms with Gasteiger partial charge in [0.05, 0.1) is 17.7 Å². The maximum Gasteiger partial charge on any atom is 0.229 e. The number of carbonyl (C=O) groups excluding carboxylic acids is 1. The molecule has 5 heteroatoms. The minimum absolute atomic E-state index is 0.00205. The Morgan fingerprint density at radius 1 is 1.64 bits per heavy atom. The number of amides is 1. The largest absolute Gasteiger partial charge is 0.398 e. The van der Waals surface area contributed by atoms with Gasteiger partial charge in [-0.1, -0.05) is 23.4 Å². The second kappa shape index (κ2) is 4.49. The van der Waals surface area contributed by atoms with Crippen molar-refractivity contribution in [3.63, 3.8) is 0 Å². The van der Waals surface area contributed by atoms with Gasteiger partial charge in [0.1, 0.15) is 5.15 Å². The molecule has 0 fully saturated rings. The number of rotatable bonds is 1. The minimum Gasteiger partial charge on any atom is -0.398 e. The first-order valence-electron chi connectivity index (χ1n) is 3.78. The number of nitrogens with zero attached hydrogens (tertiary/aromatic N) is 1. The van der Waals surface area contributed by atoms with Crippen LogP contribution < -0.4 is 11.5 Å². The summed E-state index contributed by atoms with van der Waals surface area (Å²) in [5.41, 5.74) is 11.5. The Labute approximate surface area is 86.3 Å². The first-order chi connectivity index (χ1) is 6.59. The van der Waals surface area contributed by atoms with Crippen molar-refractivity contribution in [2.75, 3.05) is 5.73 Å². The predicted octanol–water partition coefficient (Wildman–Crippen LogP) is 0.544. The summed E-state index contributed by atoms with van der Waals surface area (Å²) in [5, 5.41) is 0.308. The molecule has 0 aliphatic heterocycles. The van der Waals surface area contributed by atoms with Crippen molar-refractivity contribution in [2.24, 2.45) is 5.73 Å². The van der Waals surface area contributed by atoms with Crippen molar-refractivity contribution in [3.05, 3.63) is 23.0 Å². The fraction of sp³-hybridized carbons (Fsp3) is 0.111. The number of primary amides is 1. The summed E-state index contributed by atoms with van der Waals surface area (Å²) < 4.78 is 0. The Morgan fingerprint density at radius 2 is 2.36 bits per heavy atom. The fourth-order valence-corrected chi connectivity index (χ4v) is 0.941. The first kappa shape index (κ1) is 10.4. The van der Waals surface area contributed by atoms with Crippen molar-refractivity contribution >= 4 is 23.2 Å². The number of nitrogens with two attached hydrogens (primary N) is 2. The Kier molecular flexibility index (Phi) is 3.32. The highest BCUT2D eigenvalue weighted by Crippen LogP contribution is 2.13. The molecule has 72 valence electrons. The molecule has 0 aliphatic carbocycles. The first-order valence-corrected chi connectivity index (χ1v) is 4.15. The second-order valence-electron chi connectivity index (χ2n) is 2.54. The summed E-state index contributed by atoms with van der Waals surface area (Å²) >= 11 is 5.59. The van der Waals surface area contributed by atoms with Crippen molar-refractivity contribution in [1.29, 1.82) is 0 Å². The predicted molar refractivity (Wildman–Crippen MR) is 54.3 cm³/mol. The van der Waals surface area contributed by atoms with Crippen LogP contribution in [-0.2, 0) is 4.79 Å². The third kappa shape index (κ3) is 2.96. The second-order valence-corrected chi connectivity index (χ2v) is 2.93. The van der Waals surface area contributed by atoms with Crippen LogP contribution in [0.5, 0.6) is 0 Å². The fourth-order valence-electron chi connectivity index (χ4n) is 0.775. The summed E-state index contributed by atoms with van der Waals surface area (Å²) in [4.78, 5) is 14.2. The number of hydrogen-bond donors (Lipinski definition) is 2. The van der Waals surface area contributed by atoms with Gasteiger partial charge < -0.3 is 11.5 Å². The molecule has 1 amide bonds. The smallest absolute Gasteiger partial charge is 0.229 e. The SMILES string of the molecule is NC(=O)CC#Cc1cnc(Cl)cc1N. The maximum atomic E-state index is 10.4. The topological polar surface area (TPSA) is 82.0 Å². The van der Waals surface area contributed by atoms with Crippen LogP contribution in [0.3, 0.4) is 0 Å². The molecule has 0 aliphatic rings. The lowest BCUT2D eigenvalue weighted by Gasteiger charge is -1.96. The number of halogens is 1. The van der Waals surface area contributed by atoms with Gasteiger partial charge >= 0.3 is 0 Å². The molecule has 1 aromatic rings. The molecular weight excluding hydrogens is 202 g/mol. The standard InChI is InChI=1S/C9H8ClN3O/c10-8-4-7(11)6(5-13-8)2-1-3-9(12)14/h4-5H,3H2,(H2,11,13)(H2,12,14). The van der Waals surface area contributed by atoms with Gasteiger partial charge in [0, 0.05) is 6.20 Å². The van der Waals surface area contributed by atoms with E-state index < -0.39 is 5.91 Å². The van der Waals surface area contributed by atoms with Crippen LogP contribution in [0.25, 0.3) is 0 Å². The van der Waals surface area contributed by atoms with E-state index in [1.54, 1.807) is 0 Å². The van der Waals surface area contributed by atoms with E-state index in [1.165, 1.54) is 12.3 Å². The van der Waals surface area contributed by atoms with Gasteiger partial charge in [-0.05, 0) is 6.07 Å². The Balaban J connectivity index is 2.85. The average Bonchev–Trinajstić information content (AvgIpc) is 2.08. The van der Waals surface area contributed by atoms with E-state index >= 15 is 0 Å². The molecule has 4 nitrogen and oxygen atoms in total. The lowest BCUT2D eigenvalue weighted by atomic mass is 10.2.